The van der Waals surface area contributed by atoms with E-state index in [1.54, 1.807) is 18.4 Å². The SMILES string of the molecule is COc1cc(CNC(CN)c2nc3ccccc3s2)ccc1OCc1ccccc1.Cl. The minimum Gasteiger partial charge on any atom is -0.493 e. The number of para-hydroxylation sites is 1. The van der Waals surface area contributed by atoms with Gasteiger partial charge in [-0.1, -0.05) is 48.5 Å². The zero-order chi connectivity index (χ0) is 20.8. The first-order valence-electron chi connectivity index (χ1n) is 9.89. The average molecular weight is 456 g/mol. The van der Waals surface area contributed by atoms with Crippen molar-refractivity contribution in [3.8, 4) is 11.5 Å². The van der Waals surface area contributed by atoms with Crippen molar-refractivity contribution in [2.75, 3.05) is 13.7 Å². The van der Waals surface area contributed by atoms with Crippen LogP contribution in [0.5, 0.6) is 11.5 Å². The van der Waals surface area contributed by atoms with E-state index in [4.69, 9.17) is 20.2 Å². The molecule has 1 unspecified atom stereocenters. The first-order valence-corrected chi connectivity index (χ1v) is 10.7. The summed E-state index contributed by atoms with van der Waals surface area (Å²) in [5, 5.41) is 4.53. The number of hydrogen-bond acceptors (Lipinski definition) is 6. The maximum Gasteiger partial charge on any atom is 0.161 e. The molecule has 1 aromatic heterocycles. The lowest BCUT2D eigenvalue weighted by atomic mass is 10.2. The molecule has 31 heavy (non-hydrogen) atoms. The van der Waals surface area contributed by atoms with Crippen molar-refractivity contribution in [3.05, 3.63) is 88.9 Å². The second kappa shape index (κ2) is 11.1. The first kappa shape index (κ1) is 23.0. The molecule has 3 aromatic carbocycles. The average Bonchev–Trinajstić information content (AvgIpc) is 3.23. The van der Waals surface area contributed by atoms with Crippen molar-refractivity contribution in [1.29, 1.82) is 0 Å². The predicted molar refractivity (Wildman–Crippen MR) is 129 cm³/mol. The van der Waals surface area contributed by atoms with E-state index < -0.39 is 0 Å². The minimum absolute atomic E-state index is 0. The molecule has 0 bridgehead atoms. The third-order valence-electron chi connectivity index (χ3n) is 4.86. The molecule has 0 saturated heterocycles. The van der Waals surface area contributed by atoms with Gasteiger partial charge in [-0.3, -0.25) is 0 Å². The van der Waals surface area contributed by atoms with Gasteiger partial charge in [-0.15, -0.1) is 23.7 Å². The number of thiazole rings is 1. The molecule has 0 aliphatic heterocycles. The molecule has 0 fully saturated rings. The highest BCUT2D eigenvalue weighted by Crippen LogP contribution is 2.30. The van der Waals surface area contributed by atoms with Gasteiger partial charge in [0.15, 0.2) is 11.5 Å². The highest BCUT2D eigenvalue weighted by molar-refractivity contribution is 7.18. The van der Waals surface area contributed by atoms with Crippen LogP contribution in [0.3, 0.4) is 0 Å². The number of aromatic nitrogens is 1. The lowest BCUT2D eigenvalue weighted by molar-refractivity contribution is 0.284. The summed E-state index contributed by atoms with van der Waals surface area (Å²) in [5.41, 5.74) is 9.25. The molecule has 4 rings (SSSR count). The summed E-state index contributed by atoms with van der Waals surface area (Å²) < 4.78 is 12.7. The van der Waals surface area contributed by atoms with Crippen LogP contribution in [0.1, 0.15) is 22.2 Å². The van der Waals surface area contributed by atoms with Crippen molar-refractivity contribution in [2.24, 2.45) is 5.73 Å². The zero-order valence-corrected chi connectivity index (χ0v) is 18.9. The molecule has 0 spiro atoms. The Balaban J connectivity index is 0.00000272. The number of halogens is 1. The van der Waals surface area contributed by atoms with Gasteiger partial charge in [0.1, 0.15) is 11.6 Å². The van der Waals surface area contributed by atoms with Gasteiger partial charge in [0.2, 0.25) is 0 Å². The molecule has 0 aliphatic carbocycles. The zero-order valence-electron chi connectivity index (χ0n) is 17.3. The van der Waals surface area contributed by atoms with Crippen LogP contribution in [0.2, 0.25) is 0 Å². The second-order valence-corrected chi connectivity index (χ2v) is 8.01. The highest BCUT2D eigenvalue weighted by atomic mass is 35.5. The standard InChI is InChI=1S/C24H25N3O2S.ClH/c1-28-22-13-18(11-12-21(22)29-16-17-7-3-2-4-8-17)15-26-20(14-25)24-27-19-9-5-6-10-23(19)30-24;/h2-13,20,26H,14-16,25H2,1H3;1H. The predicted octanol–water partition coefficient (Wildman–Crippen LogP) is 5.10. The third-order valence-corrected chi connectivity index (χ3v) is 6.01. The van der Waals surface area contributed by atoms with Crippen LogP contribution in [0.4, 0.5) is 0 Å². The minimum atomic E-state index is 0. The van der Waals surface area contributed by atoms with Gasteiger partial charge in [0.05, 0.1) is 23.4 Å². The van der Waals surface area contributed by atoms with Crippen LogP contribution in [-0.4, -0.2) is 18.6 Å². The smallest absolute Gasteiger partial charge is 0.161 e. The number of nitrogens with two attached hydrogens (primary N) is 1. The maximum atomic E-state index is 6.03. The Morgan fingerprint density at radius 1 is 0.968 bits per heavy atom. The van der Waals surface area contributed by atoms with Gasteiger partial charge in [-0.25, -0.2) is 4.98 Å². The van der Waals surface area contributed by atoms with Crippen LogP contribution in [0, 0.1) is 0 Å². The summed E-state index contributed by atoms with van der Waals surface area (Å²) >= 11 is 1.68. The van der Waals surface area contributed by atoms with Crippen molar-refractivity contribution >= 4 is 34.0 Å². The first-order chi connectivity index (χ1) is 14.8. The molecule has 0 aliphatic rings. The van der Waals surface area contributed by atoms with Gasteiger partial charge in [0.25, 0.3) is 0 Å². The topological polar surface area (TPSA) is 69.4 Å². The summed E-state index contributed by atoms with van der Waals surface area (Å²) in [5.74, 6) is 1.45. The molecule has 0 saturated carbocycles. The fourth-order valence-electron chi connectivity index (χ4n) is 3.23. The summed E-state index contributed by atoms with van der Waals surface area (Å²) in [4.78, 5) is 4.73. The molecule has 162 valence electrons. The van der Waals surface area contributed by atoms with E-state index in [0.29, 0.717) is 19.7 Å². The Morgan fingerprint density at radius 3 is 2.48 bits per heavy atom. The van der Waals surface area contributed by atoms with Crippen LogP contribution in [-0.2, 0) is 13.2 Å². The fraction of sp³-hybridized carbons (Fsp3) is 0.208. The second-order valence-electron chi connectivity index (χ2n) is 6.95. The van der Waals surface area contributed by atoms with E-state index in [1.165, 1.54) is 4.70 Å². The number of fused-ring (bicyclic) bond motifs is 1. The molecule has 4 aromatic rings. The van der Waals surface area contributed by atoms with Crippen LogP contribution in [0.25, 0.3) is 10.2 Å². The third kappa shape index (κ3) is 5.74. The van der Waals surface area contributed by atoms with Crippen LogP contribution >= 0.6 is 23.7 Å². The van der Waals surface area contributed by atoms with Crippen LogP contribution < -0.4 is 20.5 Å². The summed E-state index contributed by atoms with van der Waals surface area (Å²) in [6.07, 6.45) is 0. The van der Waals surface area contributed by atoms with Crippen LogP contribution in [0.15, 0.2) is 72.8 Å². The van der Waals surface area contributed by atoms with Gasteiger partial charge in [0, 0.05) is 13.1 Å². The normalized spacial score (nSPS) is 11.7. The number of rotatable bonds is 9. The molecular weight excluding hydrogens is 430 g/mol. The largest absolute Gasteiger partial charge is 0.493 e. The van der Waals surface area contributed by atoms with E-state index in [2.05, 4.69) is 11.4 Å². The lowest BCUT2D eigenvalue weighted by Gasteiger charge is -2.16. The quantitative estimate of drug-likeness (QED) is 0.367. The van der Waals surface area contributed by atoms with Crippen molar-refractivity contribution < 1.29 is 9.47 Å². The number of methoxy groups -OCH3 is 1. The van der Waals surface area contributed by atoms with E-state index in [-0.39, 0.29) is 18.4 Å². The Labute approximate surface area is 192 Å². The molecule has 1 atom stereocenters. The van der Waals surface area contributed by atoms with Crippen molar-refractivity contribution in [1.82, 2.24) is 10.3 Å². The van der Waals surface area contributed by atoms with Gasteiger partial charge in [-0.05, 0) is 35.4 Å². The monoisotopic (exact) mass is 455 g/mol. The maximum absolute atomic E-state index is 6.03. The van der Waals surface area contributed by atoms with E-state index >= 15 is 0 Å². The van der Waals surface area contributed by atoms with Crippen molar-refractivity contribution in [2.45, 2.75) is 19.2 Å². The Morgan fingerprint density at radius 2 is 1.74 bits per heavy atom. The molecule has 0 radical (unpaired) electrons. The van der Waals surface area contributed by atoms with Gasteiger partial charge >= 0.3 is 0 Å². The molecule has 3 N–H and O–H groups in total. The Hall–Kier alpha value is -2.64. The number of nitrogens with one attached hydrogen (secondary N) is 1. The van der Waals surface area contributed by atoms with E-state index in [9.17, 15) is 0 Å². The summed E-state index contributed by atoms with van der Waals surface area (Å²) in [6, 6.07) is 24.2. The van der Waals surface area contributed by atoms with Gasteiger partial charge < -0.3 is 20.5 Å². The van der Waals surface area contributed by atoms with E-state index in [0.717, 1.165) is 33.2 Å². The lowest BCUT2D eigenvalue weighted by Crippen LogP contribution is -2.27. The number of hydrogen-bond donors (Lipinski definition) is 2. The summed E-state index contributed by atoms with van der Waals surface area (Å²) in [7, 11) is 1.66. The molecular formula is C24H26ClN3O2S. The molecule has 1 heterocycles. The molecule has 5 nitrogen and oxygen atoms in total. The number of nitrogens with zero attached hydrogens (tertiary/aromatic N) is 1. The van der Waals surface area contributed by atoms with Crippen molar-refractivity contribution in [3.63, 3.8) is 0 Å². The Bertz CT molecular complexity index is 1070. The fourth-order valence-corrected chi connectivity index (χ4v) is 4.28. The Kier molecular flexibility index (Phi) is 8.26. The highest BCUT2D eigenvalue weighted by Gasteiger charge is 2.15. The molecule has 0 amide bonds. The van der Waals surface area contributed by atoms with E-state index in [1.807, 2.05) is 66.7 Å². The number of ether oxygens (including phenoxy) is 2. The van der Waals surface area contributed by atoms with Gasteiger partial charge in [-0.2, -0.15) is 0 Å². The summed E-state index contributed by atoms with van der Waals surface area (Å²) in [6.45, 7) is 1.64. The number of benzene rings is 3. The molecule has 7 heteroatoms.